The molecular formula is C31H53N3O4S. The minimum absolute atomic E-state index is 0.0139. The molecule has 222 valence electrons. The number of amides is 3. The smallest absolute Gasteiger partial charge is 0.408 e. The number of hydrogen-bond donors (Lipinski definition) is 2. The molecule has 1 aromatic carbocycles. The van der Waals surface area contributed by atoms with Gasteiger partial charge in [-0.25, -0.2) is 4.79 Å². The Morgan fingerprint density at radius 1 is 1.00 bits per heavy atom. The molecule has 2 N–H and O–H groups in total. The Morgan fingerprint density at radius 3 is 2.26 bits per heavy atom. The van der Waals surface area contributed by atoms with E-state index < -0.39 is 23.8 Å². The molecule has 0 saturated carbocycles. The maximum atomic E-state index is 14.3. The Balaban J connectivity index is 3.54. The molecule has 0 aliphatic heterocycles. The number of benzene rings is 1. The summed E-state index contributed by atoms with van der Waals surface area (Å²) in [5, 5.41) is 5.99. The molecule has 3 unspecified atom stereocenters. The van der Waals surface area contributed by atoms with Crippen LogP contribution in [0.2, 0.25) is 0 Å². The number of rotatable bonds is 16. The molecule has 0 spiro atoms. The van der Waals surface area contributed by atoms with Gasteiger partial charge >= 0.3 is 6.09 Å². The molecule has 1 aromatic rings. The van der Waals surface area contributed by atoms with E-state index in [-0.39, 0.29) is 17.9 Å². The second kappa shape index (κ2) is 17.5. The van der Waals surface area contributed by atoms with Gasteiger partial charge in [0.15, 0.2) is 0 Å². The molecule has 0 fully saturated rings. The lowest BCUT2D eigenvalue weighted by molar-refractivity contribution is -0.143. The summed E-state index contributed by atoms with van der Waals surface area (Å²) in [4.78, 5) is 42.7. The van der Waals surface area contributed by atoms with Crippen LogP contribution in [0.15, 0.2) is 18.2 Å². The molecule has 8 heteroatoms. The third kappa shape index (κ3) is 12.7. The fourth-order valence-electron chi connectivity index (χ4n) is 4.63. The minimum Gasteiger partial charge on any atom is -0.444 e. The molecule has 0 saturated heterocycles. The molecule has 7 nitrogen and oxygen atoms in total. The number of hydrogen-bond acceptors (Lipinski definition) is 5. The first-order valence-corrected chi connectivity index (χ1v) is 15.9. The molecule has 3 atom stereocenters. The highest BCUT2D eigenvalue weighted by molar-refractivity contribution is 7.98. The second-order valence-electron chi connectivity index (χ2n) is 11.5. The Bertz CT molecular complexity index is 916. The van der Waals surface area contributed by atoms with Crippen molar-refractivity contribution in [3.63, 3.8) is 0 Å². The number of unbranched alkanes of at least 4 members (excludes halogenated alkanes) is 3. The van der Waals surface area contributed by atoms with Gasteiger partial charge in [-0.15, -0.1) is 0 Å². The van der Waals surface area contributed by atoms with Gasteiger partial charge in [0.25, 0.3) is 0 Å². The highest BCUT2D eigenvalue weighted by atomic mass is 32.2. The van der Waals surface area contributed by atoms with Crippen LogP contribution in [0.1, 0.15) is 109 Å². The molecule has 0 radical (unpaired) electrons. The van der Waals surface area contributed by atoms with Crippen LogP contribution >= 0.6 is 11.8 Å². The average molecular weight is 564 g/mol. The van der Waals surface area contributed by atoms with Gasteiger partial charge in [0, 0.05) is 12.6 Å². The van der Waals surface area contributed by atoms with Crippen molar-refractivity contribution < 1.29 is 19.1 Å². The highest BCUT2D eigenvalue weighted by Gasteiger charge is 2.37. The molecule has 0 aliphatic carbocycles. The van der Waals surface area contributed by atoms with Crippen LogP contribution < -0.4 is 10.6 Å². The third-order valence-corrected chi connectivity index (χ3v) is 7.17. The monoisotopic (exact) mass is 563 g/mol. The van der Waals surface area contributed by atoms with E-state index in [9.17, 15) is 14.4 Å². The van der Waals surface area contributed by atoms with Crippen LogP contribution in [-0.4, -0.2) is 59.0 Å². The summed E-state index contributed by atoms with van der Waals surface area (Å²) in [6.45, 7) is 16.1. The van der Waals surface area contributed by atoms with Crippen molar-refractivity contribution in [1.82, 2.24) is 15.5 Å². The lowest BCUT2D eigenvalue weighted by Gasteiger charge is -2.36. The van der Waals surface area contributed by atoms with Crippen molar-refractivity contribution in [2.45, 2.75) is 124 Å². The predicted molar refractivity (Wildman–Crippen MR) is 163 cm³/mol. The number of ether oxygens (including phenoxy) is 1. The van der Waals surface area contributed by atoms with Crippen LogP contribution in [0.3, 0.4) is 0 Å². The summed E-state index contributed by atoms with van der Waals surface area (Å²) < 4.78 is 5.49. The number of carbonyl (C=O) groups excluding carboxylic acids is 3. The first kappa shape index (κ1) is 34.8. The number of carbonyl (C=O) groups is 3. The lowest BCUT2D eigenvalue weighted by atomic mass is 9.95. The normalized spacial score (nSPS) is 13.8. The van der Waals surface area contributed by atoms with Gasteiger partial charge < -0.3 is 20.3 Å². The van der Waals surface area contributed by atoms with Crippen LogP contribution in [-0.2, 0) is 14.3 Å². The molecule has 0 heterocycles. The van der Waals surface area contributed by atoms with E-state index in [0.717, 1.165) is 55.2 Å². The van der Waals surface area contributed by atoms with Crippen molar-refractivity contribution in [3.8, 4) is 0 Å². The predicted octanol–water partition coefficient (Wildman–Crippen LogP) is 6.70. The summed E-state index contributed by atoms with van der Waals surface area (Å²) in [6, 6.07) is 4.39. The molecule has 39 heavy (non-hydrogen) atoms. The van der Waals surface area contributed by atoms with Gasteiger partial charge in [-0.05, 0) is 83.9 Å². The number of aryl methyl sites for hydroxylation is 2. The Kier molecular flexibility index (Phi) is 15.6. The van der Waals surface area contributed by atoms with Crippen molar-refractivity contribution >= 4 is 29.7 Å². The second-order valence-corrected chi connectivity index (χ2v) is 12.5. The summed E-state index contributed by atoms with van der Waals surface area (Å²) in [5.74, 6) is 0.242. The van der Waals surface area contributed by atoms with Crippen molar-refractivity contribution in [1.29, 1.82) is 0 Å². The van der Waals surface area contributed by atoms with Gasteiger partial charge in [-0.1, -0.05) is 63.3 Å². The van der Waals surface area contributed by atoms with Crippen molar-refractivity contribution in [2.24, 2.45) is 0 Å². The van der Waals surface area contributed by atoms with E-state index in [1.807, 2.05) is 39.2 Å². The minimum atomic E-state index is -0.799. The Labute approximate surface area is 241 Å². The highest BCUT2D eigenvalue weighted by Crippen LogP contribution is 2.28. The van der Waals surface area contributed by atoms with Crippen LogP contribution in [0.5, 0.6) is 0 Å². The zero-order valence-corrected chi connectivity index (χ0v) is 26.6. The fraction of sp³-hybridized carbons (Fsp3) is 0.710. The summed E-state index contributed by atoms with van der Waals surface area (Å²) in [5.41, 5.74) is 2.19. The van der Waals surface area contributed by atoms with E-state index in [2.05, 4.69) is 30.5 Å². The fourth-order valence-corrected chi connectivity index (χ4v) is 5.10. The van der Waals surface area contributed by atoms with Gasteiger partial charge in [-0.2, -0.15) is 11.8 Å². The largest absolute Gasteiger partial charge is 0.444 e. The molecule has 0 bridgehead atoms. The quantitative estimate of drug-likeness (QED) is 0.218. The van der Waals surface area contributed by atoms with E-state index >= 15 is 0 Å². The summed E-state index contributed by atoms with van der Waals surface area (Å²) in [7, 11) is 0. The zero-order valence-electron chi connectivity index (χ0n) is 25.8. The molecular weight excluding hydrogens is 510 g/mol. The average Bonchev–Trinajstić information content (AvgIpc) is 2.83. The summed E-state index contributed by atoms with van der Waals surface area (Å²) in [6.07, 6.45) is 7.46. The molecule has 0 aliphatic rings. The Morgan fingerprint density at radius 2 is 1.69 bits per heavy atom. The van der Waals surface area contributed by atoms with Crippen LogP contribution in [0.4, 0.5) is 4.79 Å². The SMILES string of the molecule is CCCCCCN(C(=O)C(CCSC)NC(=O)OC(C)(C)C)C(C(=O)NC(C)CCC)c1ccc(C)cc1C. The molecule has 3 amide bonds. The van der Waals surface area contributed by atoms with E-state index in [1.54, 1.807) is 37.4 Å². The number of nitrogens with one attached hydrogen (secondary N) is 2. The van der Waals surface area contributed by atoms with E-state index in [0.29, 0.717) is 18.7 Å². The third-order valence-electron chi connectivity index (χ3n) is 6.53. The first-order chi connectivity index (χ1) is 18.3. The topological polar surface area (TPSA) is 87.7 Å². The van der Waals surface area contributed by atoms with Crippen LogP contribution in [0.25, 0.3) is 0 Å². The molecule has 1 rings (SSSR count). The van der Waals surface area contributed by atoms with Crippen molar-refractivity contribution in [3.05, 3.63) is 34.9 Å². The standard InChI is InChI=1S/C31H53N3O4S/c1-10-12-13-14-19-34(29(36)26(18-20-39-9)33-30(37)38-31(6,7)8)27(28(35)32-24(5)15-11-2)25-17-16-22(3)21-23(25)4/h16-17,21,24,26-27H,10-15,18-20H2,1-9H3,(H,32,35)(H,33,37). The van der Waals surface area contributed by atoms with Crippen LogP contribution in [0, 0.1) is 13.8 Å². The maximum absolute atomic E-state index is 14.3. The number of thioether (sulfide) groups is 1. The van der Waals surface area contributed by atoms with Gasteiger partial charge in [-0.3, -0.25) is 9.59 Å². The first-order valence-electron chi connectivity index (χ1n) is 14.5. The van der Waals surface area contributed by atoms with E-state index in [4.69, 9.17) is 4.74 Å². The van der Waals surface area contributed by atoms with Gasteiger partial charge in [0.05, 0.1) is 0 Å². The van der Waals surface area contributed by atoms with Gasteiger partial charge in [0.1, 0.15) is 17.7 Å². The zero-order chi connectivity index (χ0) is 29.6. The Hall–Kier alpha value is -2.22. The maximum Gasteiger partial charge on any atom is 0.408 e. The van der Waals surface area contributed by atoms with Crippen molar-refractivity contribution in [2.75, 3.05) is 18.6 Å². The summed E-state index contributed by atoms with van der Waals surface area (Å²) >= 11 is 1.61. The van der Waals surface area contributed by atoms with Gasteiger partial charge in [0.2, 0.25) is 11.8 Å². The van der Waals surface area contributed by atoms with E-state index in [1.165, 1.54) is 0 Å². The number of alkyl carbamates (subject to hydrolysis) is 1. The molecule has 0 aromatic heterocycles. The number of nitrogens with zero attached hydrogens (tertiary/aromatic N) is 1. The lowest BCUT2D eigenvalue weighted by Crippen LogP contribution is -2.54.